The van der Waals surface area contributed by atoms with Gasteiger partial charge in [0.05, 0.1) is 5.75 Å². The monoisotopic (exact) mass is 374 g/mol. The van der Waals surface area contributed by atoms with Gasteiger partial charge in [-0.1, -0.05) is 29.8 Å². The Morgan fingerprint density at radius 3 is 2.80 bits per heavy atom. The molecule has 0 saturated carbocycles. The highest BCUT2D eigenvalue weighted by molar-refractivity contribution is 8.00. The molecule has 25 heavy (non-hydrogen) atoms. The number of carbonyl (C=O) groups is 2. The van der Waals surface area contributed by atoms with E-state index in [-0.39, 0.29) is 23.1 Å². The van der Waals surface area contributed by atoms with Gasteiger partial charge in [0.25, 0.3) is 0 Å². The Bertz CT molecular complexity index is 825. The third-order valence-corrected chi connectivity index (χ3v) is 5.51. The number of amides is 2. The summed E-state index contributed by atoms with van der Waals surface area (Å²) in [4.78, 5) is 25.9. The Balaban J connectivity index is 1.94. The van der Waals surface area contributed by atoms with Crippen LogP contribution >= 0.6 is 23.4 Å². The second-order valence-electron chi connectivity index (χ2n) is 6.02. The first-order valence-electron chi connectivity index (χ1n) is 7.96. The Morgan fingerprint density at radius 1 is 1.28 bits per heavy atom. The lowest BCUT2D eigenvalue weighted by molar-refractivity contribution is -0.116. The molecule has 2 amide bonds. The zero-order valence-electron chi connectivity index (χ0n) is 14.1. The molecular weight excluding hydrogens is 356 g/mol. The van der Waals surface area contributed by atoms with Crippen LogP contribution in [0.25, 0.3) is 0 Å². The van der Waals surface area contributed by atoms with Gasteiger partial charge in [0.2, 0.25) is 11.8 Å². The van der Waals surface area contributed by atoms with E-state index in [2.05, 4.69) is 11.4 Å². The van der Waals surface area contributed by atoms with E-state index in [1.54, 1.807) is 11.8 Å². The number of thioether (sulfide) groups is 1. The molecule has 3 rings (SSSR count). The van der Waals surface area contributed by atoms with E-state index in [9.17, 15) is 9.59 Å². The van der Waals surface area contributed by atoms with Crippen LogP contribution in [-0.4, -0.2) is 23.4 Å². The number of hydrogen-bond acceptors (Lipinski definition) is 3. The van der Waals surface area contributed by atoms with Gasteiger partial charge in [0.15, 0.2) is 0 Å². The van der Waals surface area contributed by atoms with Crippen LogP contribution in [0.4, 0.5) is 11.4 Å². The molecule has 0 spiro atoms. The van der Waals surface area contributed by atoms with Crippen LogP contribution in [0.3, 0.4) is 0 Å². The molecule has 1 unspecified atom stereocenters. The fraction of sp³-hybridized carbons (Fsp3) is 0.263. The highest BCUT2D eigenvalue weighted by atomic mass is 35.5. The van der Waals surface area contributed by atoms with E-state index in [4.69, 9.17) is 11.6 Å². The summed E-state index contributed by atoms with van der Waals surface area (Å²) in [6.07, 6.45) is 0. The maximum absolute atomic E-state index is 12.5. The van der Waals surface area contributed by atoms with Crippen molar-refractivity contribution in [2.45, 2.75) is 19.2 Å². The summed E-state index contributed by atoms with van der Waals surface area (Å²) in [5, 5.41) is 2.65. The number of hydrogen-bond donors (Lipinski definition) is 1. The highest BCUT2D eigenvalue weighted by Crippen LogP contribution is 2.43. The molecule has 6 heteroatoms. The first-order chi connectivity index (χ1) is 12.0. The average molecular weight is 375 g/mol. The van der Waals surface area contributed by atoms with Crippen LogP contribution in [0.5, 0.6) is 0 Å². The Kier molecular flexibility index (Phi) is 5.35. The smallest absolute Gasteiger partial charge is 0.239 e. The number of rotatable bonds is 4. The minimum atomic E-state index is -0.250. The first kappa shape index (κ1) is 17.8. The number of carbonyl (C=O) groups excluding carboxylic acids is 2. The number of halogens is 1. The number of aryl methyl sites for hydroxylation is 2. The minimum absolute atomic E-state index is 0.0877. The number of anilines is 2. The Hall–Kier alpha value is -1.98. The summed E-state index contributed by atoms with van der Waals surface area (Å²) < 4.78 is 0. The van der Waals surface area contributed by atoms with Gasteiger partial charge in [0, 0.05) is 11.4 Å². The van der Waals surface area contributed by atoms with Gasteiger partial charge in [-0.3, -0.25) is 14.5 Å². The standard InChI is InChI=1S/C19H19ClN2O2S/c1-12-6-7-16(13(2)8-12)22-18(24)11-25-19(22)14-4-3-5-15(9-14)21-17(23)10-20/h3-9,19H,10-11H2,1-2H3,(H,21,23). The summed E-state index contributed by atoms with van der Waals surface area (Å²) >= 11 is 7.14. The Morgan fingerprint density at radius 2 is 2.08 bits per heavy atom. The molecule has 1 fully saturated rings. The minimum Gasteiger partial charge on any atom is -0.325 e. The van der Waals surface area contributed by atoms with E-state index in [0.717, 1.165) is 16.8 Å². The van der Waals surface area contributed by atoms with Crippen LogP contribution < -0.4 is 10.2 Å². The van der Waals surface area contributed by atoms with Gasteiger partial charge >= 0.3 is 0 Å². The van der Waals surface area contributed by atoms with Crippen molar-refractivity contribution in [2.24, 2.45) is 0 Å². The topological polar surface area (TPSA) is 49.4 Å². The Labute approximate surface area is 156 Å². The predicted octanol–water partition coefficient (Wildman–Crippen LogP) is 4.26. The first-order valence-corrected chi connectivity index (χ1v) is 9.54. The maximum Gasteiger partial charge on any atom is 0.239 e. The van der Waals surface area contributed by atoms with E-state index in [0.29, 0.717) is 11.4 Å². The second-order valence-corrected chi connectivity index (χ2v) is 7.36. The van der Waals surface area contributed by atoms with Gasteiger partial charge in [0.1, 0.15) is 11.3 Å². The quantitative estimate of drug-likeness (QED) is 0.813. The summed E-state index contributed by atoms with van der Waals surface area (Å²) in [5.41, 5.74) is 4.84. The van der Waals surface area contributed by atoms with Gasteiger partial charge in [-0.15, -0.1) is 23.4 Å². The number of nitrogens with zero attached hydrogens (tertiary/aromatic N) is 1. The summed E-state index contributed by atoms with van der Waals surface area (Å²) in [6.45, 7) is 4.06. The molecular formula is C19H19ClN2O2S. The van der Waals surface area contributed by atoms with Gasteiger partial charge in [-0.2, -0.15) is 0 Å². The van der Waals surface area contributed by atoms with Crippen LogP contribution in [0.2, 0.25) is 0 Å². The second kappa shape index (κ2) is 7.50. The predicted molar refractivity (Wildman–Crippen MR) is 104 cm³/mol. The van der Waals surface area contributed by atoms with E-state index >= 15 is 0 Å². The largest absolute Gasteiger partial charge is 0.325 e. The molecule has 0 bridgehead atoms. The molecule has 1 aliphatic rings. The maximum atomic E-state index is 12.5. The SMILES string of the molecule is Cc1ccc(N2C(=O)CSC2c2cccc(NC(=O)CCl)c2)c(C)c1. The molecule has 4 nitrogen and oxygen atoms in total. The fourth-order valence-corrected chi connectivity index (χ4v) is 4.20. The lowest BCUT2D eigenvalue weighted by atomic mass is 10.1. The van der Waals surface area contributed by atoms with Crippen molar-refractivity contribution in [3.63, 3.8) is 0 Å². The molecule has 130 valence electrons. The van der Waals surface area contributed by atoms with Gasteiger partial charge in [-0.25, -0.2) is 0 Å². The lowest BCUT2D eigenvalue weighted by Gasteiger charge is -2.26. The van der Waals surface area contributed by atoms with E-state index in [1.807, 2.05) is 55.1 Å². The van der Waals surface area contributed by atoms with Crippen molar-refractivity contribution >= 4 is 46.6 Å². The van der Waals surface area contributed by atoms with Crippen LogP contribution in [0.15, 0.2) is 42.5 Å². The fourth-order valence-electron chi connectivity index (χ4n) is 2.97. The number of benzene rings is 2. The van der Waals surface area contributed by atoms with Crippen LogP contribution in [0.1, 0.15) is 22.1 Å². The third-order valence-electron chi connectivity index (χ3n) is 4.06. The molecule has 1 saturated heterocycles. The summed E-state index contributed by atoms with van der Waals surface area (Å²) in [6, 6.07) is 13.7. The molecule has 0 aliphatic carbocycles. The number of nitrogens with one attached hydrogen (secondary N) is 1. The molecule has 1 N–H and O–H groups in total. The molecule has 2 aromatic carbocycles. The lowest BCUT2D eigenvalue weighted by Crippen LogP contribution is -2.28. The van der Waals surface area contributed by atoms with Crippen LogP contribution in [0, 0.1) is 13.8 Å². The molecule has 2 aromatic rings. The molecule has 0 radical (unpaired) electrons. The van der Waals surface area contributed by atoms with Crippen LogP contribution in [-0.2, 0) is 9.59 Å². The van der Waals surface area contributed by atoms with Crippen molar-refractivity contribution in [3.05, 3.63) is 59.2 Å². The zero-order chi connectivity index (χ0) is 18.0. The molecule has 1 atom stereocenters. The van der Waals surface area contributed by atoms with Gasteiger partial charge < -0.3 is 5.32 Å². The van der Waals surface area contributed by atoms with Crippen molar-refractivity contribution in [2.75, 3.05) is 21.8 Å². The summed E-state index contributed by atoms with van der Waals surface area (Å²) in [7, 11) is 0. The van der Waals surface area contributed by atoms with E-state index in [1.165, 1.54) is 5.56 Å². The molecule has 1 aliphatic heterocycles. The zero-order valence-corrected chi connectivity index (χ0v) is 15.7. The van der Waals surface area contributed by atoms with Gasteiger partial charge in [-0.05, 0) is 43.2 Å². The number of alkyl halides is 1. The molecule has 1 heterocycles. The van der Waals surface area contributed by atoms with Crippen molar-refractivity contribution < 1.29 is 9.59 Å². The van der Waals surface area contributed by atoms with E-state index < -0.39 is 0 Å². The van der Waals surface area contributed by atoms with Crippen molar-refractivity contribution in [1.82, 2.24) is 0 Å². The normalized spacial score (nSPS) is 17.0. The highest BCUT2D eigenvalue weighted by Gasteiger charge is 2.34. The summed E-state index contributed by atoms with van der Waals surface area (Å²) in [5.74, 6) is 0.198. The molecule has 0 aromatic heterocycles. The van der Waals surface area contributed by atoms with Crippen molar-refractivity contribution in [1.29, 1.82) is 0 Å². The average Bonchev–Trinajstić information content (AvgIpc) is 2.96. The third kappa shape index (κ3) is 3.83. The van der Waals surface area contributed by atoms with Crippen molar-refractivity contribution in [3.8, 4) is 0 Å².